The van der Waals surface area contributed by atoms with E-state index in [9.17, 15) is 3.89 Å². The van der Waals surface area contributed by atoms with E-state index < -0.39 is 0 Å². The largest absolute Gasteiger partial charge is 0.312 e. The second-order valence-electron chi connectivity index (χ2n) is 5.51. The second kappa shape index (κ2) is 5.33. The van der Waals surface area contributed by atoms with E-state index in [1.165, 1.54) is 10.3 Å². The number of aromatic nitrogens is 5. The molecule has 0 aromatic carbocycles. The van der Waals surface area contributed by atoms with E-state index in [1.54, 1.807) is 18.5 Å². The van der Waals surface area contributed by atoms with Gasteiger partial charge in [0.05, 0.1) is 24.4 Å². The average molecular weight is 329 g/mol. The molecule has 4 heterocycles. The summed E-state index contributed by atoms with van der Waals surface area (Å²) in [4.78, 5) is 8.44. The van der Waals surface area contributed by atoms with Crippen LogP contribution in [0.25, 0.3) is 22.3 Å². The maximum absolute atomic E-state index is 12.9. The summed E-state index contributed by atoms with van der Waals surface area (Å²) >= 11 is 0.0989. The molecule has 0 unspecified atom stereocenters. The van der Waals surface area contributed by atoms with E-state index in [0.29, 0.717) is 17.8 Å². The van der Waals surface area contributed by atoms with Crippen LogP contribution in [0.1, 0.15) is 6.42 Å². The lowest BCUT2D eigenvalue weighted by atomic mass is 9.89. The van der Waals surface area contributed by atoms with E-state index >= 15 is 0 Å². The summed E-state index contributed by atoms with van der Waals surface area (Å²) in [6.07, 6.45) is 7.04. The highest BCUT2D eigenvalue weighted by atomic mass is 32.2. The average Bonchev–Trinajstić information content (AvgIpc) is 3.17. The van der Waals surface area contributed by atoms with Gasteiger partial charge in [-0.3, -0.25) is 4.68 Å². The van der Waals surface area contributed by atoms with Gasteiger partial charge in [-0.05, 0) is 6.07 Å². The molecule has 0 saturated carbocycles. The highest BCUT2D eigenvalue weighted by molar-refractivity contribution is 7.92. The van der Waals surface area contributed by atoms with Crippen LogP contribution in [0, 0.1) is 11.3 Å². The first kappa shape index (κ1) is 14.2. The molecule has 9 heteroatoms. The van der Waals surface area contributed by atoms with Gasteiger partial charge in [0.2, 0.25) is 0 Å². The van der Waals surface area contributed by atoms with Crippen molar-refractivity contribution in [3.63, 3.8) is 0 Å². The summed E-state index contributed by atoms with van der Waals surface area (Å²) in [5, 5.41) is 17.4. The number of fused-ring (bicyclic) bond motifs is 1. The van der Waals surface area contributed by atoms with Gasteiger partial charge >= 0.3 is 0 Å². The lowest BCUT2D eigenvalue weighted by molar-refractivity contribution is 0.160. The van der Waals surface area contributed by atoms with Crippen LogP contribution in [0.2, 0.25) is 0 Å². The van der Waals surface area contributed by atoms with Crippen LogP contribution in [0.15, 0.2) is 31.0 Å². The topological polar surface area (TPSA) is 84.3 Å². The number of rotatable bonds is 4. The van der Waals surface area contributed by atoms with Crippen LogP contribution in [-0.2, 0) is 5.54 Å². The predicted molar refractivity (Wildman–Crippen MR) is 83.9 cm³/mol. The fraction of sp³-hybridized carbons (Fsp3) is 0.286. The van der Waals surface area contributed by atoms with Crippen molar-refractivity contribution < 1.29 is 3.89 Å². The molecule has 3 aromatic rings. The van der Waals surface area contributed by atoms with Crippen molar-refractivity contribution in [1.29, 1.82) is 5.26 Å². The van der Waals surface area contributed by atoms with Crippen LogP contribution in [0.3, 0.4) is 0 Å². The van der Waals surface area contributed by atoms with Gasteiger partial charge in [0.1, 0.15) is 11.9 Å². The van der Waals surface area contributed by atoms with E-state index in [0.717, 1.165) is 24.0 Å². The van der Waals surface area contributed by atoms with E-state index in [-0.39, 0.29) is 17.9 Å². The molecule has 1 saturated heterocycles. The Kier molecular flexibility index (Phi) is 3.28. The number of hydrogen-bond acceptors (Lipinski definition) is 6. The molecule has 1 aliphatic heterocycles. The molecule has 3 aromatic heterocycles. The summed E-state index contributed by atoms with van der Waals surface area (Å²) in [6, 6.07) is 4.01. The molecule has 1 N–H and O–H groups in total. The molecular weight excluding hydrogens is 317 g/mol. The third-order valence-corrected chi connectivity index (χ3v) is 4.62. The summed E-state index contributed by atoms with van der Waals surface area (Å²) < 4.78 is 16.1. The van der Waals surface area contributed by atoms with Gasteiger partial charge in [0, 0.05) is 36.4 Å². The van der Waals surface area contributed by atoms with Crippen molar-refractivity contribution in [1.82, 2.24) is 29.0 Å². The molecule has 116 valence electrons. The SMILES string of the molecule is N#CCC1(n2cc(-c3ncnc4c3ccn4SF)cn2)CNC1. The highest BCUT2D eigenvalue weighted by Crippen LogP contribution is 2.31. The van der Waals surface area contributed by atoms with Gasteiger partial charge in [-0.25, -0.2) is 13.9 Å². The molecule has 0 spiro atoms. The molecule has 1 fully saturated rings. The van der Waals surface area contributed by atoms with Crippen LogP contribution in [0.5, 0.6) is 0 Å². The minimum Gasteiger partial charge on any atom is -0.312 e. The lowest BCUT2D eigenvalue weighted by Gasteiger charge is -2.41. The number of halogens is 1. The summed E-state index contributed by atoms with van der Waals surface area (Å²) in [6.45, 7) is 1.44. The molecular formula is C14H12FN7S. The first-order chi connectivity index (χ1) is 11.3. The summed E-state index contributed by atoms with van der Waals surface area (Å²) in [5.41, 5.74) is 1.75. The quantitative estimate of drug-likeness (QED) is 0.787. The maximum atomic E-state index is 12.9. The third-order valence-electron chi connectivity index (χ3n) is 4.18. The van der Waals surface area contributed by atoms with Crippen LogP contribution >= 0.6 is 12.3 Å². The zero-order chi connectivity index (χ0) is 15.9. The van der Waals surface area contributed by atoms with Gasteiger partial charge in [-0.1, -0.05) is 0 Å². The van der Waals surface area contributed by atoms with Gasteiger partial charge in [0.25, 0.3) is 0 Å². The predicted octanol–water partition coefficient (Wildman–Crippen LogP) is 1.89. The Bertz CT molecular complexity index is 905. The van der Waals surface area contributed by atoms with Crippen molar-refractivity contribution >= 4 is 23.4 Å². The van der Waals surface area contributed by atoms with Crippen molar-refractivity contribution in [3.05, 3.63) is 31.0 Å². The molecule has 0 bridgehead atoms. The first-order valence-corrected chi connectivity index (χ1v) is 7.69. The third kappa shape index (κ3) is 2.10. The van der Waals surface area contributed by atoms with Gasteiger partial charge in [0.15, 0.2) is 18.0 Å². The van der Waals surface area contributed by atoms with E-state index in [2.05, 4.69) is 26.5 Å². The minimum absolute atomic E-state index is 0.0989. The normalized spacial score (nSPS) is 16.2. The number of hydrogen-bond donors (Lipinski definition) is 1. The summed E-state index contributed by atoms with van der Waals surface area (Å²) in [7, 11) is 0. The maximum Gasteiger partial charge on any atom is 0.171 e. The molecule has 7 nitrogen and oxygen atoms in total. The van der Waals surface area contributed by atoms with Crippen LogP contribution < -0.4 is 5.32 Å². The zero-order valence-corrected chi connectivity index (χ0v) is 12.8. The molecule has 0 atom stereocenters. The van der Waals surface area contributed by atoms with Crippen LogP contribution in [0.4, 0.5) is 3.89 Å². The number of nitriles is 1. The number of nitrogens with one attached hydrogen (secondary N) is 1. The van der Waals surface area contributed by atoms with E-state index in [1.807, 2.05) is 10.9 Å². The Morgan fingerprint density at radius 2 is 2.30 bits per heavy atom. The Hall–Kier alpha value is -2.44. The fourth-order valence-electron chi connectivity index (χ4n) is 2.85. The van der Waals surface area contributed by atoms with Gasteiger partial charge in [-0.2, -0.15) is 10.4 Å². The minimum atomic E-state index is -0.292. The highest BCUT2D eigenvalue weighted by Gasteiger charge is 2.39. The lowest BCUT2D eigenvalue weighted by Crippen LogP contribution is -2.60. The second-order valence-corrected chi connectivity index (χ2v) is 6.04. The smallest absolute Gasteiger partial charge is 0.171 e. The molecule has 1 aliphatic rings. The first-order valence-electron chi connectivity index (χ1n) is 7.02. The Balaban J connectivity index is 1.78. The van der Waals surface area contributed by atoms with Gasteiger partial charge in [-0.15, -0.1) is 3.89 Å². The number of nitrogens with zero attached hydrogens (tertiary/aromatic N) is 6. The molecule has 0 radical (unpaired) electrons. The zero-order valence-electron chi connectivity index (χ0n) is 12.0. The molecule has 0 aliphatic carbocycles. The molecule has 0 amide bonds. The van der Waals surface area contributed by atoms with Gasteiger partial charge < -0.3 is 5.32 Å². The molecule has 23 heavy (non-hydrogen) atoms. The standard InChI is InChI=1S/C14H12FN7S/c15-23-21-4-1-11-12(18-9-19-13(11)21)10-5-20-22(6-10)14(2-3-16)7-17-8-14/h1,4-6,9,17H,2,7-8H2. The van der Waals surface area contributed by atoms with Crippen molar-refractivity contribution in [2.45, 2.75) is 12.0 Å². The fourth-order valence-corrected chi connectivity index (χ4v) is 3.16. The summed E-state index contributed by atoms with van der Waals surface area (Å²) in [5.74, 6) is 0. The Morgan fingerprint density at radius 1 is 1.43 bits per heavy atom. The van der Waals surface area contributed by atoms with Crippen molar-refractivity contribution in [3.8, 4) is 17.3 Å². The Labute approximate surface area is 135 Å². The molecule has 4 rings (SSSR count). The van der Waals surface area contributed by atoms with Crippen LogP contribution in [-0.4, -0.2) is 36.8 Å². The monoisotopic (exact) mass is 329 g/mol. The van der Waals surface area contributed by atoms with Crippen molar-refractivity contribution in [2.75, 3.05) is 13.1 Å². The Morgan fingerprint density at radius 3 is 3.00 bits per heavy atom. The van der Waals surface area contributed by atoms with E-state index in [4.69, 9.17) is 5.26 Å². The van der Waals surface area contributed by atoms with Crippen molar-refractivity contribution in [2.24, 2.45) is 0 Å².